The lowest BCUT2D eigenvalue weighted by Gasteiger charge is -2.11. The van der Waals surface area contributed by atoms with Gasteiger partial charge in [-0.2, -0.15) is 10.2 Å². The third kappa shape index (κ3) is 4.54. The van der Waals surface area contributed by atoms with Gasteiger partial charge in [0.05, 0.1) is 11.4 Å². The lowest BCUT2D eigenvalue weighted by Crippen LogP contribution is -1.96. The Labute approximate surface area is 149 Å². The highest BCUT2D eigenvalue weighted by Gasteiger charge is 2.06. The number of azo groups is 1. The van der Waals surface area contributed by atoms with Gasteiger partial charge in [-0.25, -0.2) is 0 Å². The first-order chi connectivity index (χ1) is 12.1. The molecule has 0 atom stereocenters. The van der Waals surface area contributed by atoms with E-state index in [1.807, 2.05) is 56.3 Å². The molecular formula is C22H22N2O. The molecular weight excluding hydrogens is 308 g/mol. The van der Waals surface area contributed by atoms with Crippen molar-refractivity contribution in [1.82, 2.24) is 0 Å². The number of ether oxygens (including phenoxy) is 1. The van der Waals surface area contributed by atoms with Gasteiger partial charge in [-0.3, -0.25) is 0 Å². The number of rotatable bonds is 5. The van der Waals surface area contributed by atoms with Crippen LogP contribution in [0.4, 0.5) is 11.4 Å². The van der Waals surface area contributed by atoms with Crippen LogP contribution in [0.1, 0.15) is 22.3 Å². The van der Waals surface area contributed by atoms with E-state index in [1.165, 1.54) is 5.56 Å². The average Bonchev–Trinajstić information content (AvgIpc) is 2.61. The highest BCUT2D eigenvalue weighted by Crippen LogP contribution is 2.30. The van der Waals surface area contributed by atoms with Crippen LogP contribution in [-0.4, -0.2) is 0 Å². The van der Waals surface area contributed by atoms with Gasteiger partial charge in [0.1, 0.15) is 12.4 Å². The molecule has 0 fully saturated rings. The highest BCUT2D eigenvalue weighted by atomic mass is 16.5. The fourth-order valence-electron chi connectivity index (χ4n) is 2.61. The second-order valence-corrected chi connectivity index (χ2v) is 6.22. The van der Waals surface area contributed by atoms with Crippen molar-refractivity contribution in [3.8, 4) is 5.75 Å². The lowest BCUT2D eigenvalue weighted by atomic mass is 10.1. The first-order valence-corrected chi connectivity index (χ1v) is 8.38. The van der Waals surface area contributed by atoms with E-state index in [4.69, 9.17) is 4.74 Å². The summed E-state index contributed by atoms with van der Waals surface area (Å²) >= 11 is 0. The average molecular weight is 330 g/mol. The van der Waals surface area contributed by atoms with Crippen molar-refractivity contribution < 1.29 is 4.74 Å². The molecule has 0 radical (unpaired) electrons. The Morgan fingerprint density at radius 1 is 0.760 bits per heavy atom. The fraction of sp³-hybridized carbons (Fsp3) is 0.182. The smallest absolute Gasteiger partial charge is 0.120 e. The summed E-state index contributed by atoms with van der Waals surface area (Å²) in [6.07, 6.45) is 0. The van der Waals surface area contributed by atoms with Gasteiger partial charge < -0.3 is 4.74 Å². The van der Waals surface area contributed by atoms with Crippen molar-refractivity contribution in [3.63, 3.8) is 0 Å². The molecule has 0 N–H and O–H groups in total. The quantitative estimate of drug-likeness (QED) is 0.485. The fourth-order valence-corrected chi connectivity index (χ4v) is 2.61. The van der Waals surface area contributed by atoms with Gasteiger partial charge in [-0.05, 0) is 61.7 Å². The monoisotopic (exact) mass is 330 g/mol. The van der Waals surface area contributed by atoms with Gasteiger partial charge in [0, 0.05) is 0 Å². The van der Waals surface area contributed by atoms with E-state index >= 15 is 0 Å². The zero-order valence-corrected chi connectivity index (χ0v) is 14.9. The molecule has 3 nitrogen and oxygen atoms in total. The summed E-state index contributed by atoms with van der Waals surface area (Å²) in [7, 11) is 0. The van der Waals surface area contributed by atoms with Gasteiger partial charge in [0.15, 0.2) is 0 Å². The molecule has 0 spiro atoms. The Hall–Kier alpha value is -2.94. The number of benzene rings is 3. The van der Waals surface area contributed by atoms with Crippen LogP contribution >= 0.6 is 0 Å². The summed E-state index contributed by atoms with van der Waals surface area (Å²) in [6, 6.07) is 22.2. The molecule has 0 saturated carbocycles. The molecule has 3 rings (SSSR count). The summed E-state index contributed by atoms with van der Waals surface area (Å²) < 4.78 is 5.94. The third-order valence-corrected chi connectivity index (χ3v) is 4.01. The van der Waals surface area contributed by atoms with Crippen LogP contribution in [-0.2, 0) is 6.61 Å². The maximum absolute atomic E-state index is 5.94. The summed E-state index contributed by atoms with van der Waals surface area (Å²) in [5, 5.41) is 8.73. The number of aryl methyl sites for hydroxylation is 3. The first kappa shape index (κ1) is 16.9. The second kappa shape index (κ2) is 7.75. The molecule has 0 unspecified atom stereocenters. The van der Waals surface area contributed by atoms with Crippen molar-refractivity contribution in [1.29, 1.82) is 0 Å². The van der Waals surface area contributed by atoms with Crippen LogP contribution < -0.4 is 4.74 Å². The van der Waals surface area contributed by atoms with E-state index < -0.39 is 0 Å². The Morgan fingerprint density at radius 2 is 1.40 bits per heavy atom. The SMILES string of the molecule is Cc1ccc(COc2cc(C)c(N=Nc3ccccc3)c(C)c2)cc1. The second-order valence-electron chi connectivity index (χ2n) is 6.22. The predicted octanol–water partition coefficient (Wildman–Crippen LogP) is 6.61. The van der Waals surface area contributed by atoms with Crippen LogP contribution in [0, 0.1) is 20.8 Å². The molecule has 0 aromatic heterocycles. The molecule has 0 bridgehead atoms. The van der Waals surface area contributed by atoms with E-state index in [1.54, 1.807) is 0 Å². The Bertz CT molecular complexity index is 845. The Balaban J connectivity index is 1.73. The Morgan fingerprint density at radius 3 is 2.04 bits per heavy atom. The minimum absolute atomic E-state index is 0.560. The van der Waals surface area contributed by atoms with Gasteiger partial charge in [0.25, 0.3) is 0 Å². The van der Waals surface area contributed by atoms with E-state index in [9.17, 15) is 0 Å². The molecule has 3 aromatic rings. The zero-order valence-electron chi connectivity index (χ0n) is 14.9. The standard InChI is InChI=1S/C22H22N2O/c1-16-9-11-19(12-10-16)15-25-21-13-17(2)22(18(3)14-21)24-23-20-7-5-4-6-8-20/h4-14H,15H2,1-3H3. The van der Waals surface area contributed by atoms with Gasteiger partial charge in [-0.1, -0.05) is 48.0 Å². The summed E-state index contributed by atoms with van der Waals surface area (Å²) in [6.45, 7) is 6.71. The van der Waals surface area contributed by atoms with Crippen LogP contribution in [0.2, 0.25) is 0 Å². The van der Waals surface area contributed by atoms with Crippen molar-refractivity contribution in [2.45, 2.75) is 27.4 Å². The summed E-state index contributed by atoms with van der Waals surface area (Å²) in [5.74, 6) is 0.856. The molecule has 3 aromatic carbocycles. The van der Waals surface area contributed by atoms with Crippen molar-refractivity contribution in [2.75, 3.05) is 0 Å². The largest absolute Gasteiger partial charge is 0.489 e. The topological polar surface area (TPSA) is 34.0 Å². The molecule has 0 saturated heterocycles. The first-order valence-electron chi connectivity index (χ1n) is 8.38. The van der Waals surface area contributed by atoms with Gasteiger partial charge >= 0.3 is 0 Å². The molecule has 0 aliphatic heterocycles. The summed E-state index contributed by atoms with van der Waals surface area (Å²) in [4.78, 5) is 0. The third-order valence-electron chi connectivity index (χ3n) is 4.01. The minimum atomic E-state index is 0.560. The molecule has 3 heteroatoms. The minimum Gasteiger partial charge on any atom is -0.489 e. The zero-order chi connectivity index (χ0) is 17.6. The number of hydrogen-bond acceptors (Lipinski definition) is 3. The number of nitrogens with zero attached hydrogens (tertiary/aromatic N) is 2. The van der Waals surface area contributed by atoms with Crippen LogP contribution in [0.15, 0.2) is 77.0 Å². The van der Waals surface area contributed by atoms with E-state index in [-0.39, 0.29) is 0 Å². The molecule has 0 aliphatic rings. The molecule has 0 heterocycles. The Kier molecular flexibility index (Phi) is 5.24. The number of hydrogen-bond donors (Lipinski definition) is 0. The lowest BCUT2D eigenvalue weighted by molar-refractivity contribution is 0.306. The van der Waals surface area contributed by atoms with Crippen LogP contribution in [0.25, 0.3) is 0 Å². The maximum Gasteiger partial charge on any atom is 0.120 e. The molecule has 126 valence electrons. The molecule has 25 heavy (non-hydrogen) atoms. The maximum atomic E-state index is 5.94. The van der Waals surface area contributed by atoms with Crippen LogP contribution in [0.3, 0.4) is 0 Å². The van der Waals surface area contributed by atoms with Crippen molar-refractivity contribution in [3.05, 3.63) is 89.0 Å². The highest BCUT2D eigenvalue weighted by molar-refractivity contribution is 5.55. The summed E-state index contributed by atoms with van der Waals surface area (Å²) in [5.41, 5.74) is 6.27. The van der Waals surface area contributed by atoms with E-state index in [0.29, 0.717) is 6.61 Å². The van der Waals surface area contributed by atoms with Crippen molar-refractivity contribution >= 4 is 11.4 Å². The van der Waals surface area contributed by atoms with Crippen molar-refractivity contribution in [2.24, 2.45) is 10.2 Å². The molecule has 0 amide bonds. The van der Waals surface area contributed by atoms with E-state index in [2.05, 4.69) is 41.4 Å². The van der Waals surface area contributed by atoms with Gasteiger partial charge in [0.2, 0.25) is 0 Å². The van der Waals surface area contributed by atoms with Crippen LogP contribution in [0.5, 0.6) is 5.75 Å². The predicted molar refractivity (Wildman–Crippen MR) is 102 cm³/mol. The van der Waals surface area contributed by atoms with E-state index in [0.717, 1.165) is 33.8 Å². The van der Waals surface area contributed by atoms with Gasteiger partial charge in [-0.15, -0.1) is 0 Å². The molecule has 0 aliphatic carbocycles. The normalized spacial score (nSPS) is 11.0.